The first-order valence-electron chi connectivity index (χ1n) is 33.7. The number of ether oxygens (including phenoxy) is 2. The number of para-hydroxylation sites is 2. The molecule has 13 aromatic rings. The summed E-state index contributed by atoms with van der Waals surface area (Å²) in [6, 6.07) is 92.8. The van der Waals surface area contributed by atoms with E-state index < -0.39 is 34.1 Å². The molecule has 0 heterocycles. The monoisotopic (exact) mass is 1310 g/mol. The van der Waals surface area contributed by atoms with Crippen LogP contribution in [0.4, 0.5) is 51.7 Å². The van der Waals surface area contributed by atoms with Crippen molar-refractivity contribution in [2.45, 2.75) is 63.2 Å². The summed E-state index contributed by atoms with van der Waals surface area (Å²) in [4.78, 5) is 3.18. The highest BCUT2D eigenvalue weighted by molar-refractivity contribution is 5.92. The Morgan fingerprint density at radius 3 is 0.890 bits per heavy atom. The van der Waals surface area contributed by atoms with Gasteiger partial charge in [0.2, 0.25) is 0 Å². The summed E-state index contributed by atoms with van der Waals surface area (Å²) in [5, 5.41) is 0. The van der Waals surface area contributed by atoms with Crippen LogP contribution in [-0.2, 0) is 21.7 Å². The van der Waals surface area contributed by atoms with E-state index in [2.05, 4.69) is 164 Å². The highest BCUT2D eigenvalue weighted by Gasteiger charge is 2.49. The summed E-state index contributed by atoms with van der Waals surface area (Å²) < 4.78 is 81.1. The third kappa shape index (κ3) is 11.0. The zero-order valence-electron chi connectivity index (χ0n) is 56.5. The van der Waals surface area contributed by atoms with Crippen molar-refractivity contribution in [1.82, 2.24) is 0 Å². The lowest BCUT2D eigenvalue weighted by molar-refractivity contribution is 0.482. The Hall–Kier alpha value is -11.7. The fourth-order valence-electron chi connectivity index (χ4n) is 15.0. The second-order valence-corrected chi connectivity index (χ2v) is 27.8. The number of rotatable bonds is 16. The van der Waals surface area contributed by atoms with Crippen LogP contribution in [-0.4, -0.2) is 0 Å². The molecule has 490 valence electrons. The molecule has 0 saturated carbocycles. The van der Waals surface area contributed by atoms with E-state index in [-0.39, 0.29) is 22.2 Å². The van der Waals surface area contributed by atoms with Crippen molar-refractivity contribution in [2.75, 3.05) is 9.80 Å². The molecule has 0 radical (unpaired) electrons. The van der Waals surface area contributed by atoms with Gasteiger partial charge in [0.15, 0.2) is 0 Å². The molecule has 4 nitrogen and oxygen atoms in total. The van der Waals surface area contributed by atoms with Crippen LogP contribution in [0.5, 0.6) is 23.0 Å². The van der Waals surface area contributed by atoms with Gasteiger partial charge < -0.3 is 19.3 Å². The fraction of sp³-hybridized carbons (Fsp3) is 0.109. The summed E-state index contributed by atoms with van der Waals surface area (Å²) in [6.07, 6.45) is 3.58. The molecule has 0 amide bonds. The van der Waals surface area contributed by atoms with E-state index in [9.17, 15) is 0 Å². The first-order chi connectivity index (χ1) is 48.4. The lowest BCUT2D eigenvalue weighted by Gasteiger charge is -2.36. The summed E-state index contributed by atoms with van der Waals surface area (Å²) in [7, 11) is 0. The van der Waals surface area contributed by atoms with Crippen LogP contribution in [0.1, 0.15) is 108 Å². The maximum Gasteiger partial charge on any atom is 0.150 e. The minimum Gasteiger partial charge on any atom is -0.457 e. The van der Waals surface area contributed by atoms with Gasteiger partial charge in [0.05, 0.1) is 10.8 Å². The topological polar surface area (TPSA) is 24.9 Å². The quantitative estimate of drug-likeness (QED) is 0.0900. The van der Waals surface area contributed by atoms with Crippen molar-refractivity contribution < 1.29 is 27.0 Å². The summed E-state index contributed by atoms with van der Waals surface area (Å²) in [6.45, 7) is 21.0. The van der Waals surface area contributed by atoms with E-state index in [1.54, 1.807) is 46.2 Å². The molecule has 0 N–H and O–H groups in total. The molecule has 0 spiro atoms. The zero-order chi connectivity index (χ0) is 69.2. The Kier molecular flexibility index (Phi) is 16.2. The standard InChI is InChI=1S/C92H72F4N2O2/c1-9-59-25-47-71(48-26-59)99-73-51-37-65(38-52-73)91(63-33-29-61(30-34-63)89(3,4)5)79-19-13-11-17-75(79)77-55-45-69(57-81(77)91)97(87-83(93)21-15-22-84(87)94)67-41-43-68(44-42-67)98(88-85(95)23-16-24-86(88)96)70-46-56-78-76-18-12-14-20-80(76)92(82(78)58-70,64-35-31-62(32-36-64)90(6,7)8)66-39-53-74(54-40-66)100-72-49-27-60(10-2)28-50-72/h9-58H,1-2H2,3-8H3. The Balaban J connectivity index is 0.889. The summed E-state index contributed by atoms with van der Waals surface area (Å²) in [5.41, 5.74) is 14.8. The van der Waals surface area contributed by atoms with Crippen molar-refractivity contribution in [3.63, 3.8) is 0 Å². The van der Waals surface area contributed by atoms with E-state index in [1.165, 1.54) is 36.4 Å². The lowest BCUT2D eigenvalue weighted by Crippen LogP contribution is -2.29. The fourth-order valence-corrected chi connectivity index (χ4v) is 15.0. The van der Waals surface area contributed by atoms with Gasteiger partial charge in [-0.25, -0.2) is 17.6 Å². The molecule has 0 fully saturated rings. The molecule has 0 bridgehead atoms. The van der Waals surface area contributed by atoms with Gasteiger partial charge in [0.25, 0.3) is 0 Å². The van der Waals surface area contributed by atoms with Gasteiger partial charge in [-0.1, -0.05) is 237 Å². The van der Waals surface area contributed by atoms with Gasteiger partial charge in [-0.15, -0.1) is 0 Å². The average Bonchev–Trinajstić information content (AvgIpc) is 1.54. The minimum absolute atomic E-state index is 0.142. The SMILES string of the molecule is C=Cc1ccc(Oc2ccc(C3(c4ccc(C(C)(C)C)cc4)c4ccccc4-c4ccc(N(c5ccc(N(c6ccc7c(c6)C(c6ccc(Oc8ccc(C=C)cc8)cc6)(c6ccc(C(C)(C)C)cc6)c6ccccc6-7)c6c(F)cccc6F)cc5)c5c(F)cccc5F)cc43)cc2)cc1. The predicted molar refractivity (Wildman–Crippen MR) is 401 cm³/mol. The molecule has 2 unspecified atom stereocenters. The van der Waals surface area contributed by atoms with Crippen molar-refractivity contribution in [3.8, 4) is 45.3 Å². The second-order valence-electron chi connectivity index (χ2n) is 27.8. The largest absolute Gasteiger partial charge is 0.457 e. The number of nitrogens with zero attached hydrogens (tertiary/aromatic N) is 2. The number of fused-ring (bicyclic) bond motifs is 6. The maximum atomic E-state index is 17.1. The molecule has 2 aliphatic rings. The molecule has 8 heteroatoms. The van der Waals surface area contributed by atoms with Gasteiger partial charge in [-0.3, -0.25) is 0 Å². The molecule has 15 rings (SSSR count). The highest BCUT2D eigenvalue weighted by atomic mass is 19.1. The first-order valence-corrected chi connectivity index (χ1v) is 33.7. The number of anilines is 6. The molecule has 100 heavy (non-hydrogen) atoms. The number of halogens is 4. The van der Waals surface area contributed by atoms with E-state index in [0.717, 1.165) is 89.0 Å². The third-order valence-electron chi connectivity index (χ3n) is 19.9. The summed E-state index contributed by atoms with van der Waals surface area (Å²) in [5.74, 6) is -0.525. The normalized spacial score (nSPS) is 15.1. The lowest BCUT2D eigenvalue weighted by atomic mass is 9.67. The molecule has 2 atom stereocenters. The van der Waals surface area contributed by atoms with Crippen molar-refractivity contribution >= 4 is 46.3 Å². The Bertz CT molecular complexity index is 4900. The second kappa shape index (κ2) is 25.3. The van der Waals surface area contributed by atoms with Gasteiger partial charge in [0.1, 0.15) is 57.6 Å². The summed E-state index contributed by atoms with van der Waals surface area (Å²) >= 11 is 0. The molecule has 0 saturated heterocycles. The van der Waals surface area contributed by atoms with Gasteiger partial charge in [-0.05, 0) is 221 Å². The van der Waals surface area contributed by atoms with Crippen LogP contribution in [0.25, 0.3) is 34.4 Å². The molecular weight excluding hydrogens is 1240 g/mol. The average molecular weight is 1310 g/mol. The minimum atomic E-state index is -0.961. The van der Waals surface area contributed by atoms with Crippen LogP contribution >= 0.6 is 0 Å². The van der Waals surface area contributed by atoms with Gasteiger partial charge in [-0.2, -0.15) is 0 Å². The third-order valence-corrected chi connectivity index (χ3v) is 19.9. The van der Waals surface area contributed by atoms with Gasteiger partial charge >= 0.3 is 0 Å². The van der Waals surface area contributed by atoms with Crippen LogP contribution in [0.15, 0.2) is 304 Å². The molecule has 13 aromatic carbocycles. The molecule has 0 aliphatic heterocycles. The van der Waals surface area contributed by atoms with Crippen molar-refractivity contribution in [1.29, 1.82) is 0 Å². The van der Waals surface area contributed by atoms with E-state index in [1.807, 2.05) is 121 Å². The first kappa shape index (κ1) is 64.3. The van der Waals surface area contributed by atoms with E-state index in [0.29, 0.717) is 45.7 Å². The Morgan fingerprint density at radius 2 is 0.580 bits per heavy atom. The van der Waals surface area contributed by atoms with Crippen LogP contribution in [0.3, 0.4) is 0 Å². The molecular formula is C92H72F4N2O2. The van der Waals surface area contributed by atoms with Crippen molar-refractivity contribution in [3.05, 3.63) is 394 Å². The van der Waals surface area contributed by atoms with Crippen LogP contribution in [0, 0.1) is 23.3 Å². The maximum absolute atomic E-state index is 17.1. The predicted octanol–water partition coefficient (Wildman–Crippen LogP) is 25.4. The van der Waals surface area contributed by atoms with Gasteiger partial charge in [0, 0.05) is 22.7 Å². The number of benzene rings is 13. The highest BCUT2D eigenvalue weighted by Crippen LogP contribution is 2.60. The number of hydrogen-bond donors (Lipinski definition) is 0. The Labute approximate surface area is 582 Å². The van der Waals surface area contributed by atoms with Crippen molar-refractivity contribution in [2.24, 2.45) is 0 Å². The van der Waals surface area contributed by atoms with Crippen LogP contribution in [0.2, 0.25) is 0 Å². The van der Waals surface area contributed by atoms with E-state index >= 15 is 17.6 Å². The smallest absolute Gasteiger partial charge is 0.150 e. The Morgan fingerprint density at radius 1 is 0.300 bits per heavy atom. The molecule has 0 aromatic heterocycles. The number of hydrogen-bond acceptors (Lipinski definition) is 4. The zero-order valence-corrected chi connectivity index (χ0v) is 56.5. The van der Waals surface area contributed by atoms with E-state index in [4.69, 9.17) is 9.47 Å². The molecule has 2 aliphatic carbocycles. The van der Waals surface area contributed by atoms with Crippen LogP contribution < -0.4 is 19.3 Å².